The molecule has 0 amide bonds. The van der Waals surface area contributed by atoms with Crippen molar-refractivity contribution in [3.8, 4) is 5.75 Å². The molecule has 2 nitrogen and oxygen atoms in total. The van der Waals surface area contributed by atoms with E-state index in [2.05, 4.69) is 34.3 Å². The topological polar surface area (TPSA) is 26.3 Å². The number of carbonyl (C=O) groups is 1. The molecule has 0 N–H and O–H groups in total. The van der Waals surface area contributed by atoms with Crippen LogP contribution in [0.1, 0.15) is 50.7 Å². The Morgan fingerprint density at radius 2 is 1.76 bits per heavy atom. The minimum Gasteiger partial charge on any atom is -0.423 e. The van der Waals surface area contributed by atoms with E-state index in [0.717, 1.165) is 0 Å². The van der Waals surface area contributed by atoms with Gasteiger partial charge in [0.05, 0.1) is 0 Å². The summed E-state index contributed by atoms with van der Waals surface area (Å²) in [5.74, 6) is 1.05. The molecular weight excluding hydrogens is 212 g/mol. The van der Waals surface area contributed by atoms with E-state index >= 15 is 0 Å². The summed E-state index contributed by atoms with van der Waals surface area (Å²) < 4.78 is 5.13. The molecule has 0 aliphatic carbocycles. The second kappa shape index (κ2) is 5.67. The van der Waals surface area contributed by atoms with Gasteiger partial charge in [0.25, 0.3) is 0 Å². The third-order valence-corrected chi connectivity index (χ3v) is 2.69. The molecule has 0 unspecified atom stereocenters. The summed E-state index contributed by atoms with van der Waals surface area (Å²) >= 11 is 0. The summed E-state index contributed by atoms with van der Waals surface area (Å²) in [6.45, 7) is 12.0. The van der Waals surface area contributed by atoms with E-state index in [1.807, 2.05) is 18.2 Å². The summed E-state index contributed by atoms with van der Waals surface area (Å²) in [6, 6.07) is 5.82. The highest BCUT2D eigenvalue weighted by Gasteiger charge is 2.12. The average Bonchev–Trinajstić information content (AvgIpc) is 2.28. The van der Waals surface area contributed by atoms with Gasteiger partial charge in [-0.05, 0) is 35.1 Å². The fraction of sp³-hybridized carbons (Fsp3) is 0.400. The molecule has 0 bridgehead atoms. The fourth-order valence-corrected chi connectivity index (χ4v) is 1.80. The highest BCUT2D eigenvalue weighted by molar-refractivity contribution is 5.83. The third kappa shape index (κ3) is 3.45. The van der Waals surface area contributed by atoms with Gasteiger partial charge >= 0.3 is 5.97 Å². The SMILES string of the molecule is C=CC(=O)Oc1ccc(C(C)C)c(C(C)C)c1. The van der Waals surface area contributed by atoms with Crippen LogP contribution in [0.2, 0.25) is 0 Å². The van der Waals surface area contributed by atoms with Crippen molar-refractivity contribution in [2.75, 3.05) is 0 Å². The van der Waals surface area contributed by atoms with Crippen molar-refractivity contribution in [3.63, 3.8) is 0 Å². The minimum absolute atomic E-state index is 0.412. The van der Waals surface area contributed by atoms with Gasteiger partial charge in [-0.15, -0.1) is 0 Å². The fourth-order valence-electron chi connectivity index (χ4n) is 1.80. The maximum atomic E-state index is 11.1. The van der Waals surface area contributed by atoms with Crippen LogP contribution in [0.3, 0.4) is 0 Å². The highest BCUT2D eigenvalue weighted by atomic mass is 16.5. The van der Waals surface area contributed by atoms with Gasteiger partial charge in [-0.1, -0.05) is 40.3 Å². The smallest absolute Gasteiger partial charge is 0.335 e. The molecule has 2 heteroatoms. The van der Waals surface area contributed by atoms with Crippen LogP contribution in [0.25, 0.3) is 0 Å². The van der Waals surface area contributed by atoms with Gasteiger partial charge in [0, 0.05) is 6.08 Å². The summed E-state index contributed by atoms with van der Waals surface area (Å²) in [6.07, 6.45) is 1.17. The quantitative estimate of drug-likeness (QED) is 0.445. The van der Waals surface area contributed by atoms with Gasteiger partial charge in [0.2, 0.25) is 0 Å². The van der Waals surface area contributed by atoms with Crippen molar-refractivity contribution in [1.82, 2.24) is 0 Å². The molecule has 0 spiro atoms. The molecule has 0 saturated heterocycles. The summed E-state index contributed by atoms with van der Waals surface area (Å²) in [4.78, 5) is 11.1. The Kier molecular flexibility index (Phi) is 4.50. The Morgan fingerprint density at radius 1 is 1.18 bits per heavy atom. The van der Waals surface area contributed by atoms with Crippen LogP contribution >= 0.6 is 0 Å². The molecule has 0 heterocycles. The maximum Gasteiger partial charge on any atom is 0.335 e. The van der Waals surface area contributed by atoms with Crippen LogP contribution in [-0.2, 0) is 4.79 Å². The Morgan fingerprint density at radius 3 is 2.24 bits per heavy atom. The van der Waals surface area contributed by atoms with E-state index in [0.29, 0.717) is 17.6 Å². The van der Waals surface area contributed by atoms with Crippen LogP contribution in [0.5, 0.6) is 5.75 Å². The first-order chi connectivity index (χ1) is 7.95. The molecule has 1 aromatic rings. The van der Waals surface area contributed by atoms with Crippen LogP contribution in [0, 0.1) is 0 Å². The molecule has 92 valence electrons. The second-order valence-corrected chi connectivity index (χ2v) is 4.73. The second-order valence-electron chi connectivity index (χ2n) is 4.73. The number of hydrogen-bond donors (Lipinski definition) is 0. The highest BCUT2D eigenvalue weighted by Crippen LogP contribution is 2.29. The summed E-state index contributed by atoms with van der Waals surface area (Å²) in [7, 11) is 0. The van der Waals surface area contributed by atoms with Gasteiger partial charge in [-0.3, -0.25) is 0 Å². The average molecular weight is 232 g/mol. The monoisotopic (exact) mass is 232 g/mol. The van der Waals surface area contributed by atoms with E-state index in [9.17, 15) is 4.79 Å². The molecule has 1 rings (SSSR count). The van der Waals surface area contributed by atoms with Crippen molar-refractivity contribution >= 4 is 5.97 Å². The summed E-state index contributed by atoms with van der Waals surface area (Å²) in [5.41, 5.74) is 2.53. The first-order valence-corrected chi connectivity index (χ1v) is 5.93. The van der Waals surface area contributed by atoms with Gasteiger partial charge in [-0.25, -0.2) is 4.79 Å². The zero-order valence-electron chi connectivity index (χ0n) is 11.0. The molecule has 0 aromatic heterocycles. The Balaban J connectivity index is 3.09. The van der Waals surface area contributed by atoms with Crippen LogP contribution in [0.4, 0.5) is 0 Å². The zero-order chi connectivity index (χ0) is 13.0. The standard InChI is InChI=1S/C15H20O2/c1-6-15(16)17-12-7-8-13(10(2)3)14(9-12)11(4)5/h6-11H,1H2,2-5H3. The summed E-state index contributed by atoms with van der Waals surface area (Å²) in [5, 5.41) is 0. The normalized spacial score (nSPS) is 10.7. The van der Waals surface area contributed by atoms with Gasteiger partial charge in [-0.2, -0.15) is 0 Å². The lowest BCUT2D eigenvalue weighted by molar-refractivity contribution is -0.128. The molecule has 0 aliphatic rings. The molecule has 1 aromatic carbocycles. The van der Waals surface area contributed by atoms with Crippen molar-refractivity contribution in [3.05, 3.63) is 42.0 Å². The minimum atomic E-state index is -0.419. The number of carbonyl (C=O) groups excluding carboxylic acids is 1. The van der Waals surface area contributed by atoms with Gasteiger partial charge in [0.1, 0.15) is 5.75 Å². The molecule has 0 aliphatic heterocycles. The van der Waals surface area contributed by atoms with Crippen molar-refractivity contribution in [2.24, 2.45) is 0 Å². The molecule has 17 heavy (non-hydrogen) atoms. The van der Waals surface area contributed by atoms with Crippen LogP contribution in [-0.4, -0.2) is 5.97 Å². The molecule has 0 atom stereocenters. The number of esters is 1. The lowest BCUT2D eigenvalue weighted by atomic mass is 9.90. The largest absolute Gasteiger partial charge is 0.423 e. The Bertz CT molecular complexity index is 417. The Labute approximate surface area is 103 Å². The zero-order valence-corrected chi connectivity index (χ0v) is 11.0. The first-order valence-electron chi connectivity index (χ1n) is 5.93. The van der Waals surface area contributed by atoms with Crippen molar-refractivity contribution in [2.45, 2.75) is 39.5 Å². The van der Waals surface area contributed by atoms with Crippen LogP contribution in [0.15, 0.2) is 30.9 Å². The van der Waals surface area contributed by atoms with Crippen molar-refractivity contribution < 1.29 is 9.53 Å². The molecule has 0 fully saturated rings. The number of benzene rings is 1. The van der Waals surface area contributed by atoms with E-state index in [4.69, 9.17) is 4.74 Å². The van der Waals surface area contributed by atoms with Gasteiger partial charge < -0.3 is 4.74 Å². The molecule has 0 saturated carbocycles. The predicted octanol–water partition coefficient (Wildman–Crippen LogP) is 4.02. The first kappa shape index (κ1) is 13.5. The number of hydrogen-bond acceptors (Lipinski definition) is 2. The van der Waals surface area contributed by atoms with E-state index in [1.165, 1.54) is 17.2 Å². The van der Waals surface area contributed by atoms with E-state index in [-0.39, 0.29) is 0 Å². The van der Waals surface area contributed by atoms with Crippen LogP contribution < -0.4 is 4.74 Å². The lowest BCUT2D eigenvalue weighted by Gasteiger charge is -2.16. The molecule has 0 radical (unpaired) electrons. The third-order valence-electron chi connectivity index (χ3n) is 2.69. The number of rotatable bonds is 4. The van der Waals surface area contributed by atoms with Gasteiger partial charge in [0.15, 0.2) is 0 Å². The Hall–Kier alpha value is -1.57. The van der Waals surface area contributed by atoms with Crippen molar-refractivity contribution in [1.29, 1.82) is 0 Å². The lowest BCUT2D eigenvalue weighted by Crippen LogP contribution is -2.05. The van der Waals surface area contributed by atoms with E-state index in [1.54, 1.807) is 0 Å². The predicted molar refractivity (Wildman–Crippen MR) is 70.5 cm³/mol. The molecular formula is C15H20O2. The van der Waals surface area contributed by atoms with E-state index < -0.39 is 5.97 Å². The number of ether oxygens (including phenoxy) is 1. The maximum absolute atomic E-state index is 11.1.